The van der Waals surface area contributed by atoms with Crippen LogP contribution in [0.1, 0.15) is 30.1 Å². The summed E-state index contributed by atoms with van der Waals surface area (Å²) in [5, 5.41) is 9.13. The lowest BCUT2D eigenvalue weighted by Crippen LogP contribution is -2.18. The number of benzene rings is 1. The van der Waals surface area contributed by atoms with Crippen molar-refractivity contribution in [1.82, 2.24) is 0 Å². The van der Waals surface area contributed by atoms with Gasteiger partial charge in [0.05, 0.1) is 39.2 Å². The number of rotatable bonds is 4. The van der Waals surface area contributed by atoms with Crippen LogP contribution in [0.3, 0.4) is 0 Å². The largest absolute Gasteiger partial charge is 0.478 e. The van der Waals surface area contributed by atoms with Gasteiger partial charge >= 0.3 is 5.97 Å². The number of carboxylic acid groups (broad SMARTS) is 1. The molecule has 0 amide bonds. The summed E-state index contributed by atoms with van der Waals surface area (Å²) in [6, 6.07) is 4.72. The van der Waals surface area contributed by atoms with Crippen molar-refractivity contribution < 1.29 is 18.8 Å². The highest BCUT2D eigenvalue weighted by Crippen LogP contribution is 2.24. The minimum absolute atomic E-state index is 0.0449. The Morgan fingerprint density at radius 3 is 2.84 bits per heavy atom. The predicted octanol–water partition coefficient (Wildman–Crippen LogP) is 2.82. The normalized spacial score (nSPS) is 24.3. The fraction of sp³-hybridized carbons (Fsp3) is 0.462. The number of halogens is 1. The molecule has 1 aromatic rings. The third kappa shape index (κ3) is 3.64. The van der Waals surface area contributed by atoms with E-state index in [2.05, 4.69) is 15.9 Å². The van der Waals surface area contributed by atoms with Crippen molar-refractivity contribution in [2.75, 3.05) is 5.75 Å². The van der Waals surface area contributed by atoms with Gasteiger partial charge in [-0.2, -0.15) is 0 Å². The molecule has 3 unspecified atom stereocenters. The summed E-state index contributed by atoms with van der Waals surface area (Å²) in [6.07, 6.45) is 2.00. The van der Waals surface area contributed by atoms with E-state index in [1.54, 1.807) is 12.1 Å². The monoisotopic (exact) mass is 346 g/mol. The van der Waals surface area contributed by atoms with Crippen LogP contribution in [0.25, 0.3) is 0 Å². The van der Waals surface area contributed by atoms with Crippen LogP contribution in [0.15, 0.2) is 27.6 Å². The summed E-state index contributed by atoms with van der Waals surface area (Å²) in [5.74, 6) is -0.710. The van der Waals surface area contributed by atoms with Crippen LogP contribution in [-0.4, -0.2) is 33.2 Å². The first-order valence-corrected chi connectivity index (χ1v) is 8.15. The van der Waals surface area contributed by atoms with Crippen LogP contribution in [0, 0.1) is 0 Å². The van der Waals surface area contributed by atoms with Gasteiger partial charge in [-0.05, 0) is 38.0 Å². The summed E-state index contributed by atoms with van der Waals surface area (Å²) in [7, 11) is -1.37. The molecular weight excluding hydrogens is 332 g/mol. The molecule has 1 aromatic carbocycles. The molecule has 19 heavy (non-hydrogen) atoms. The lowest BCUT2D eigenvalue weighted by atomic mass is 10.2. The number of carbonyl (C=O) groups is 1. The summed E-state index contributed by atoms with van der Waals surface area (Å²) in [5.41, 5.74) is 0.0904. The Balaban J connectivity index is 2.18. The summed E-state index contributed by atoms with van der Waals surface area (Å²) >= 11 is 3.28. The molecule has 4 nitrogen and oxygen atoms in total. The molecule has 0 aromatic heterocycles. The Kier molecular flexibility index (Phi) is 4.76. The van der Waals surface area contributed by atoms with Gasteiger partial charge in [-0.15, -0.1) is 0 Å². The van der Waals surface area contributed by atoms with Gasteiger partial charge < -0.3 is 9.84 Å². The topological polar surface area (TPSA) is 63.6 Å². The molecule has 0 radical (unpaired) electrons. The lowest BCUT2D eigenvalue weighted by molar-refractivity contribution is 0.0682. The highest BCUT2D eigenvalue weighted by atomic mass is 79.9. The average molecular weight is 347 g/mol. The van der Waals surface area contributed by atoms with Gasteiger partial charge in [-0.1, -0.05) is 15.9 Å². The second-order valence-electron chi connectivity index (χ2n) is 4.60. The molecule has 1 saturated heterocycles. The van der Waals surface area contributed by atoms with Crippen molar-refractivity contribution in [3.05, 3.63) is 28.2 Å². The van der Waals surface area contributed by atoms with E-state index in [4.69, 9.17) is 9.84 Å². The van der Waals surface area contributed by atoms with Crippen molar-refractivity contribution in [3.8, 4) is 0 Å². The molecule has 6 heteroatoms. The van der Waals surface area contributed by atoms with E-state index < -0.39 is 16.8 Å². The van der Waals surface area contributed by atoms with E-state index >= 15 is 0 Å². The average Bonchev–Trinajstić information content (AvgIpc) is 2.74. The molecule has 1 fully saturated rings. The third-order valence-corrected chi connectivity index (χ3v) is 5.07. The molecule has 2 rings (SSSR count). The van der Waals surface area contributed by atoms with Crippen molar-refractivity contribution in [2.24, 2.45) is 0 Å². The van der Waals surface area contributed by atoms with Gasteiger partial charge in [-0.25, -0.2) is 4.79 Å². The fourth-order valence-electron chi connectivity index (χ4n) is 2.13. The van der Waals surface area contributed by atoms with E-state index in [0.717, 1.165) is 17.3 Å². The maximum Gasteiger partial charge on any atom is 0.336 e. The van der Waals surface area contributed by atoms with E-state index in [9.17, 15) is 9.00 Å². The summed E-state index contributed by atoms with van der Waals surface area (Å²) < 4.78 is 18.7. The Labute approximate surface area is 122 Å². The van der Waals surface area contributed by atoms with E-state index in [1.165, 1.54) is 6.07 Å². The molecule has 1 aliphatic rings. The molecule has 104 valence electrons. The number of hydrogen-bond acceptors (Lipinski definition) is 3. The van der Waals surface area contributed by atoms with Crippen LogP contribution < -0.4 is 0 Å². The van der Waals surface area contributed by atoms with Crippen LogP contribution in [0.2, 0.25) is 0 Å². The molecule has 3 atom stereocenters. The quantitative estimate of drug-likeness (QED) is 0.910. The summed E-state index contributed by atoms with van der Waals surface area (Å²) in [6.45, 7) is 1.99. The maximum absolute atomic E-state index is 12.3. The molecule has 0 bridgehead atoms. The van der Waals surface area contributed by atoms with Gasteiger partial charge in [0.15, 0.2) is 0 Å². The first-order valence-electron chi connectivity index (χ1n) is 6.04. The number of ether oxygens (including phenoxy) is 1. The first kappa shape index (κ1) is 14.7. The zero-order chi connectivity index (χ0) is 14.0. The fourth-order valence-corrected chi connectivity index (χ4v) is 4.06. The second kappa shape index (κ2) is 6.15. The smallest absolute Gasteiger partial charge is 0.336 e. The Hall–Kier alpha value is -0.720. The van der Waals surface area contributed by atoms with Crippen molar-refractivity contribution in [3.63, 3.8) is 0 Å². The highest BCUT2D eigenvalue weighted by Gasteiger charge is 2.25. The molecule has 0 spiro atoms. The number of aromatic carboxylic acids is 1. The van der Waals surface area contributed by atoms with E-state index in [-0.39, 0.29) is 17.8 Å². The van der Waals surface area contributed by atoms with Gasteiger partial charge in [0, 0.05) is 4.47 Å². The number of hydrogen-bond donors (Lipinski definition) is 1. The minimum Gasteiger partial charge on any atom is -0.478 e. The van der Waals surface area contributed by atoms with Gasteiger partial charge in [0.2, 0.25) is 0 Å². The zero-order valence-electron chi connectivity index (χ0n) is 10.5. The highest BCUT2D eigenvalue weighted by molar-refractivity contribution is 9.10. The first-order chi connectivity index (χ1) is 8.97. The van der Waals surface area contributed by atoms with Crippen molar-refractivity contribution in [2.45, 2.75) is 36.9 Å². The molecule has 1 heterocycles. The van der Waals surface area contributed by atoms with Crippen LogP contribution >= 0.6 is 15.9 Å². The van der Waals surface area contributed by atoms with Crippen molar-refractivity contribution >= 4 is 32.7 Å². The van der Waals surface area contributed by atoms with Crippen molar-refractivity contribution in [1.29, 1.82) is 0 Å². The Morgan fingerprint density at radius 1 is 1.53 bits per heavy atom. The zero-order valence-corrected chi connectivity index (χ0v) is 12.9. The number of carboxylic acids is 1. The predicted molar refractivity (Wildman–Crippen MR) is 75.9 cm³/mol. The van der Waals surface area contributed by atoms with E-state index in [0.29, 0.717) is 10.6 Å². The van der Waals surface area contributed by atoms with Crippen LogP contribution in [-0.2, 0) is 15.5 Å². The maximum atomic E-state index is 12.3. The minimum atomic E-state index is -1.37. The van der Waals surface area contributed by atoms with Gasteiger partial charge in [-0.3, -0.25) is 4.21 Å². The standard InChI is InChI=1S/C13H15BrO4S/c1-8-2-4-10(18-8)7-19(17)12-6-9(14)3-5-11(12)13(15)16/h3,5-6,8,10H,2,4,7H2,1H3,(H,15,16). The van der Waals surface area contributed by atoms with Crippen LogP contribution in [0.5, 0.6) is 0 Å². The molecule has 1 N–H and O–H groups in total. The molecule has 1 aliphatic heterocycles. The molecular formula is C13H15BrO4S. The van der Waals surface area contributed by atoms with E-state index in [1.807, 2.05) is 6.92 Å². The van der Waals surface area contributed by atoms with Gasteiger partial charge in [0.25, 0.3) is 0 Å². The Bertz CT molecular complexity index is 517. The third-order valence-electron chi connectivity index (χ3n) is 3.08. The van der Waals surface area contributed by atoms with Crippen LogP contribution in [0.4, 0.5) is 0 Å². The lowest BCUT2D eigenvalue weighted by Gasteiger charge is -2.12. The molecule has 0 saturated carbocycles. The molecule has 0 aliphatic carbocycles. The second-order valence-corrected chi connectivity index (χ2v) is 6.98. The summed E-state index contributed by atoms with van der Waals surface area (Å²) in [4.78, 5) is 11.5. The Morgan fingerprint density at radius 2 is 2.26 bits per heavy atom. The SMILES string of the molecule is CC1CCC(CS(=O)c2cc(Br)ccc2C(=O)O)O1. The van der Waals surface area contributed by atoms with Gasteiger partial charge in [0.1, 0.15) is 0 Å².